The maximum atomic E-state index is 5.38. The minimum absolute atomic E-state index is 0.462. The molecule has 1 atom stereocenters. The van der Waals surface area contributed by atoms with Crippen molar-refractivity contribution in [3.05, 3.63) is 23.3 Å². The third kappa shape index (κ3) is 2.39. The number of fused-ring (bicyclic) bond motifs is 1. The van der Waals surface area contributed by atoms with Gasteiger partial charge in [-0.05, 0) is 42.6 Å². The number of benzene rings is 1. The van der Waals surface area contributed by atoms with Gasteiger partial charge >= 0.3 is 0 Å². The minimum Gasteiger partial charge on any atom is -0.493 e. The Hall–Kier alpha value is -1.22. The highest BCUT2D eigenvalue weighted by atomic mass is 16.5. The molecule has 3 heteroatoms. The second-order valence-corrected chi connectivity index (χ2v) is 4.45. The van der Waals surface area contributed by atoms with Gasteiger partial charge in [-0.3, -0.25) is 0 Å². The Bertz CT molecular complexity index is 390. The van der Waals surface area contributed by atoms with Crippen LogP contribution in [-0.2, 0) is 6.42 Å². The monoisotopic (exact) mass is 235 g/mol. The molecule has 1 N–H and O–H groups in total. The summed E-state index contributed by atoms with van der Waals surface area (Å²) in [6.07, 6.45) is 3.42. The first-order chi connectivity index (χ1) is 8.30. The number of hydrogen-bond acceptors (Lipinski definition) is 3. The standard InChI is InChI=1S/C14H21NO2/c1-4-5-12-11-9-14(17-3)13(16-2)8-10(11)6-7-15-12/h8-9,12,15H,4-7H2,1-3H3/t12-/m1/s1. The summed E-state index contributed by atoms with van der Waals surface area (Å²) in [5, 5.41) is 3.57. The molecule has 3 nitrogen and oxygen atoms in total. The normalized spacial score (nSPS) is 18.6. The van der Waals surface area contributed by atoms with E-state index in [9.17, 15) is 0 Å². The van der Waals surface area contributed by atoms with Gasteiger partial charge in [0, 0.05) is 6.04 Å². The van der Waals surface area contributed by atoms with Crippen LogP contribution in [0.1, 0.15) is 36.9 Å². The number of ether oxygens (including phenoxy) is 2. The molecule has 17 heavy (non-hydrogen) atoms. The van der Waals surface area contributed by atoms with Crippen LogP contribution in [0.25, 0.3) is 0 Å². The SMILES string of the molecule is CCC[C@H]1NCCc2cc(OC)c(OC)cc21. The molecule has 0 bridgehead atoms. The van der Waals surface area contributed by atoms with E-state index in [2.05, 4.69) is 24.4 Å². The number of nitrogens with one attached hydrogen (secondary N) is 1. The zero-order valence-corrected chi connectivity index (χ0v) is 10.9. The summed E-state index contributed by atoms with van der Waals surface area (Å²) in [7, 11) is 3.38. The molecule has 0 fully saturated rings. The molecule has 0 aliphatic carbocycles. The maximum Gasteiger partial charge on any atom is 0.161 e. The van der Waals surface area contributed by atoms with Crippen molar-refractivity contribution >= 4 is 0 Å². The molecule has 1 aliphatic rings. The van der Waals surface area contributed by atoms with E-state index >= 15 is 0 Å². The van der Waals surface area contributed by atoms with Crippen molar-refractivity contribution in [2.45, 2.75) is 32.2 Å². The maximum absolute atomic E-state index is 5.38. The molecule has 0 aromatic heterocycles. The summed E-state index contributed by atoms with van der Waals surface area (Å²) < 4.78 is 10.7. The van der Waals surface area contributed by atoms with Gasteiger partial charge in [0.25, 0.3) is 0 Å². The van der Waals surface area contributed by atoms with Crippen molar-refractivity contribution in [2.75, 3.05) is 20.8 Å². The highest BCUT2D eigenvalue weighted by molar-refractivity contribution is 5.49. The Morgan fingerprint density at radius 3 is 2.59 bits per heavy atom. The highest BCUT2D eigenvalue weighted by Crippen LogP contribution is 2.36. The van der Waals surface area contributed by atoms with Crippen molar-refractivity contribution in [2.24, 2.45) is 0 Å². The summed E-state index contributed by atoms with van der Waals surface area (Å²) in [4.78, 5) is 0. The van der Waals surface area contributed by atoms with E-state index in [1.807, 2.05) is 0 Å². The topological polar surface area (TPSA) is 30.5 Å². The Labute approximate surface area is 103 Å². The molecule has 0 radical (unpaired) electrons. The Morgan fingerprint density at radius 2 is 1.94 bits per heavy atom. The van der Waals surface area contributed by atoms with E-state index in [1.165, 1.54) is 24.0 Å². The minimum atomic E-state index is 0.462. The van der Waals surface area contributed by atoms with Gasteiger partial charge in [-0.25, -0.2) is 0 Å². The zero-order chi connectivity index (χ0) is 12.3. The fraction of sp³-hybridized carbons (Fsp3) is 0.571. The fourth-order valence-corrected chi connectivity index (χ4v) is 2.51. The molecule has 1 aromatic rings. The zero-order valence-electron chi connectivity index (χ0n) is 10.9. The largest absolute Gasteiger partial charge is 0.493 e. The molecule has 1 aliphatic heterocycles. The van der Waals surface area contributed by atoms with Gasteiger partial charge in [0.05, 0.1) is 14.2 Å². The van der Waals surface area contributed by atoms with Gasteiger partial charge in [0.15, 0.2) is 11.5 Å². The summed E-state index contributed by atoms with van der Waals surface area (Å²) in [6, 6.07) is 4.71. The van der Waals surface area contributed by atoms with Crippen LogP contribution in [0.2, 0.25) is 0 Å². The molecule has 0 saturated carbocycles. The average Bonchev–Trinajstić information content (AvgIpc) is 2.38. The van der Waals surface area contributed by atoms with E-state index in [0.29, 0.717) is 6.04 Å². The van der Waals surface area contributed by atoms with Crippen LogP contribution in [0, 0.1) is 0 Å². The van der Waals surface area contributed by atoms with Crippen LogP contribution in [0.4, 0.5) is 0 Å². The van der Waals surface area contributed by atoms with E-state index in [-0.39, 0.29) is 0 Å². The third-order valence-corrected chi connectivity index (χ3v) is 3.38. The number of rotatable bonds is 4. The molecule has 94 valence electrons. The molecule has 1 heterocycles. The van der Waals surface area contributed by atoms with Crippen LogP contribution in [0.15, 0.2) is 12.1 Å². The molecule has 0 spiro atoms. The lowest BCUT2D eigenvalue weighted by molar-refractivity contribution is 0.351. The lowest BCUT2D eigenvalue weighted by atomic mass is 9.91. The van der Waals surface area contributed by atoms with Crippen molar-refractivity contribution in [3.63, 3.8) is 0 Å². The van der Waals surface area contributed by atoms with E-state index in [1.54, 1.807) is 14.2 Å². The van der Waals surface area contributed by atoms with E-state index in [4.69, 9.17) is 9.47 Å². The Kier molecular flexibility index (Phi) is 3.89. The molecular formula is C14H21NO2. The number of hydrogen-bond donors (Lipinski definition) is 1. The highest BCUT2D eigenvalue weighted by Gasteiger charge is 2.21. The second-order valence-electron chi connectivity index (χ2n) is 4.45. The smallest absolute Gasteiger partial charge is 0.161 e. The Balaban J connectivity index is 2.39. The van der Waals surface area contributed by atoms with Gasteiger partial charge in [0.2, 0.25) is 0 Å². The summed E-state index contributed by atoms with van der Waals surface area (Å²) in [5.41, 5.74) is 2.76. The lowest BCUT2D eigenvalue weighted by Crippen LogP contribution is -2.29. The summed E-state index contributed by atoms with van der Waals surface area (Å²) in [6.45, 7) is 3.27. The molecular weight excluding hydrogens is 214 g/mol. The predicted octanol–water partition coefficient (Wildman–Crippen LogP) is 2.69. The quantitative estimate of drug-likeness (QED) is 0.870. The summed E-state index contributed by atoms with van der Waals surface area (Å²) >= 11 is 0. The number of methoxy groups -OCH3 is 2. The van der Waals surface area contributed by atoms with Crippen molar-refractivity contribution in [1.29, 1.82) is 0 Å². The first-order valence-electron chi connectivity index (χ1n) is 6.28. The van der Waals surface area contributed by atoms with Gasteiger partial charge in [-0.15, -0.1) is 0 Å². The van der Waals surface area contributed by atoms with Crippen LogP contribution in [0.3, 0.4) is 0 Å². The second kappa shape index (κ2) is 5.41. The van der Waals surface area contributed by atoms with Crippen LogP contribution >= 0.6 is 0 Å². The predicted molar refractivity (Wildman–Crippen MR) is 68.9 cm³/mol. The average molecular weight is 235 g/mol. The van der Waals surface area contributed by atoms with Gasteiger partial charge in [-0.2, -0.15) is 0 Å². The van der Waals surface area contributed by atoms with Crippen LogP contribution < -0.4 is 14.8 Å². The first kappa shape index (κ1) is 12.2. The first-order valence-corrected chi connectivity index (χ1v) is 6.28. The molecule has 2 rings (SSSR count). The molecule has 0 saturated heterocycles. The molecule has 0 amide bonds. The van der Waals surface area contributed by atoms with Crippen LogP contribution in [-0.4, -0.2) is 20.8 Å². The Morgan fingerprint density at radius 1 is 1.24 bits per heavy atom. The van der Waals surface area contributed by atoms with Gasteiger partial charge in [0.1, 0.15) is 0 Å². The van der Waals surface area contributed by atoms with Crippen molar-refractivity contribution in [3.8, 4) is 11.5 Å². The lowest BCUT2D eigenvalue weighted by Gasteiger charge is -2.28. The fourth-order valence-electron chi connectivity index (χ4n) is 2.51. The van der Waals surface area contributed by atoms with Gasteiger partial charge in [-0.1, -0.05) is 13.3 Å². The van der Waals surface area contributed by atoms with Crippen molar-refractivity contribution in [1.82, 2.24) is 5.32 Å². The van der Waals surface area contributed by atoms with E-state index < -0.39 is 0 Å². The molecule has 1 aromatic carbocycles. The van der Waals surface area contributed by atoms with Crippen molar-refractivity contribution < 1.29 is 9.47 Å². The third-order valence-electron chi connectivity index (χ3n) is 3.38. The summed E-state index contributed by atoms with van der Waals surface area (Å²) in [5.74, 6) is 1.67. The van der Waals surface area contributed by atoms with Crippen LogP contribution in [0.5, 0.6) is 11.5 Å². The van der Waals surface area contributed by atoms with Gasteiger partial charge < -0.3 is 14.8 Å². The van der Waals surface area contributed by atoms with E-state index in [0.717, 1.165) is 24.5 Å². The molecule has 0 unspecified atom stereocenters.